The fourth-order valence-corrected chi connectivity index (χ4v) is 2.70. The van der Waals surface area contributed by atoms with Gasteiger partial charge in [0.25, 0.3) is 0 Å². The Morgan fingerprint density at radius 1 is 1.19 bits per heavy atom. The Morgan fingerprint density at radius 2 is 2.00 bits per heavy atom. The number of hydrogen-bond donors (Lipinski definition) is 2. The first-order chi connectivity index (χ1) is 7.68. The third-order valence-electron chi connectivity index (χ3n) is 3.72. The number of rotatable bonds is 0. The average Bonchev–Trinajstić information content (AvgIpc) is 2.57. The van der Waals surface area contributed by atoms with Gasteiger partial charge >= 0.3 is 0 Å². The molecule has 16 heavy (non-hydrogen) atoms. The minimum atomic E-state index is 0.248. The van der Waals surface area contributed by atoms with E-state index in [9.17, 15) is 0 Å². The van der Waals surface area contributed by atoms with E-state index in [2.05, 4.69) is 48.4 Å². The van der Waals surface area contributed by atoms with Gasteiger partial charge in [0.1, 0.15) is 0 Å². The van der Waals surface area contributed by atoms with Crippen molar-refractivity contribution in [1.82, 2.24) is 10.3 Å². The molecule has 1 aliphatic rings. The van der Waals surface area contributed by atoms with E-state index in [0.29, 0.717) is 0 Å². The summed E-state index contributed by atoms with van der Waals surface area (Å²) in [6, 6.07) is 8.60. The molecule has 1 aromatic carbocycles. The third-order valence-corrected chi connectivity index (χ3v) is 3.72. The Hall–Kier alpha value is -1.28. The van der Waals surface area contributed by atoms with E-state index in [-0.39, 0.29) is 5.41 Å². The lowest BCUT2D eigenvalue weighted by atomic mass is 9.84. The van der Waals surface area contributed by atoms with Crippen molar-refractivity contribution in [3.8, 4) is 0 Å². The molecule has 0 saturated carbocycles. The fourth-order valence-electron chi connectivity index (χ4n) is 2.70. The van der Waals surface area contributed by atoms with Crippen LogP contribution >= 0.6 is 0 Å². The number of nitrogens with one attached hydrogen (secondary N) is 2. The van der Waals surface area contributed by atoms with Crippen LogP contribution in [0.5, 0.6) is 0 Å². The highest BCUT2D eigenvalue weighted by Crippen LogP contribution is 2.35. The van der Waals surface area contributed by atoms with Crippen molar-refractivity contribution in [3.05, 3.63) is 35.5 Å². The second-order valence-corrected chi connectivity index (χ2v) is 5.33. The standard InChI is InChI=1S/C14H18N2/c1-14(2)7-8-15-9-11-10-5-3-4-6-12(10)16-13(11)14/h3-6,15-16H,7-9H2,1-2H3. The molecule has 2 N–H and O–H groups in total. The van der Waals surface area contributed by atoms with E-state index < -0.39 is 0 Å². The van der Waals surface area contributed by atoms with Crippen LogP contribution in [-0.4, -0.2) is 11.5 Å². The van der Waals surface area contributed by atoms with E-state index >= 15 is 0 Å². The molecular formula is C14H18N2. The van der Waals surface area contributed by atoms with Gasteiger partial charge in [-0.1, -0.05) is 32.0 Å². The van der Waals surface area contributed by atoms with Gasteiger partial charge in [-0.25, -0.2) is 0 Å². The molecule has 2 heteroatoms. The van der Waals surface area contributed by atoms with Crippen molar-refractivity contribution in [1.29, 1.82) is 0 Å². The maximum absolute atomic E-state index is 3.61. The molecule has 0 radical (unpaired) electrons. The van der Waals surface area contributed by atoms with Gasteiger partial charge in [-0.05, 0) is 24.6 Å². The number of fused-ring (bicyclic) bond motifs is 3. The highest BCUT2D eigenvalue weighted by molar-refractivity contribution is 5.85. The van der Waals surface area contributed by atoms with Crippen LogP contribution in [0.3, 0.4) is 0 Å². The summed E-state index contributed by atoms with van der Waals surface area (Å²) in [5.74, 6) is 0. The summed E-state index contributed by atoms with van der Waals surface area (Å²) in [4.78, 5) is 3.61. The van der Waals surface area contributed by atoms with Crippen molar-refractivity contribution in [3.63, 3.8) is 0 Å². The van der Waals surface area contributed by atoms with Crippen molar-refractivity contribution in [2.24, 2.45) is 0 Å². The minimum absolute atomic E-state index is 0.248. The first kappa shape index (κ1) is 9.91. The van der Waals surface area contributed by atoms with E-state index in [1.54, 1.807) is 0 Å². The Bertz CT molecular complexity index is 523. The van der Waals surface area contributed by atoms with Crippen molar-refractivity contribution < 1.29 is 0 Å². The Labute approximate surface area is 96.1 Å². The van der Waals surface area contributed by atoms with Gasteiger partial charge in [-0.15, -0.1) is 0 Å². The lowest BCUT2D eigenvalue weighted by Crippen LogP contribution is -2.20. The highest BCUT2D eigenvalue weighted by atomic mass is 14.9. The molecule has 84 valence electrons. The summed E-state index contributed by atoms with van der Waals surface area (Å²) in [6.45, 7) is 6.75. The normalized spacial score (nSPS) is 19.4. The fraction of sp³-hybridized carbons (Fsp3) is 0.429. The maximum atomic E-state index is 3.61. The second kappa shape index (κ2) is 3.36. The monoisotopic (exact) mass is 214 g/mol. The zero-order chi connectivity index (χ0) is 11.2. The van der Waals surface area contributed by atoms with Crippen LogP contribution in [0.4, 0.5) is 0 Å². The van der Waals surface area contributed by atoms with Gasteiger partial charge in [0.15, 0.2) is 0 Å². The smallest absolute Gasteiger partial charge is 0.0459 e. The summed E-state index contributed by atoms with van der Waals surface area (Å²) in [6.07, 6.45) is 1.19. The van der Waals surface area contributed by atoms with Crippen LogP contribution in [0.15, 0.2) is 24.3 Å². The second-order valence-electron chi connectivity index (χ2n) is 5.33. The summed E-state index contributed by atoms with van der Waals surface area (Å²) in [5.41, 5.74) is 4.39. The summed E-state index contributed by atoms with van der Waals surface area (Å²) >= 11 is 0. The molecule has 0 saturated heterocycles. The average molecular weight is 214 g/mol. The Balaban J connectivity index is 2.30. The number of benzene rings is 1. The van der Waals surface area contributed by atoms with Gasteiger partial charge < -0.3 is 10.3 Å². The van der Waals surface area contributed by atoms with Crippen LogP contribution < -0.4 is 5.32 Å². The maximum Gasteiger partial charge on any atom is 0.0459 e. The van der Waals surface area contributed by atoms with Crippen LogP contribution in [0.2, 0.25) is 0 Å². The van der Waals surface area contributed by atoms with E-state index in [0.717, 1.165) is 13.1 Å². The van der Waals surface area contributed by atoms with E-state index in [1.807, 2.05) is 0 Å². The highest BCUT2D eigenvalue weighted by Gasteiger charge is 2.28. The van der Waals surface area contributed by atoms with Crippen LogP contribution in [0, 0.1) is 0 Å². The predicted octanol–water partition coefficient (Wildman–Crippen LogP) is 2.94. The molecule has 1 aliphatic heterocycles. The molecule has 0 aliphatic carbocycles. The lowest BCUT2D eigenvalue weighted by molar-refractivity contribution is 0.468. The Kier molecular flexibility index (Phi) is 2.08. The molecule has 2 nitrogen and oxygen atoms in total. The molecule has 0 bridgehead atoms. The third kappa shape index (κ3) is 1.37. The summed E-state index contributed by atoms with van der Waals surface area (Å²) in [5, 5.41) is 4.89. The van der Waals surface area contributed by atoms with E-state index in [4.69, 9.17) is 0 Å². The van der Waals surface area contributed by atoms with Crippen molar-refractivity contribution in [2.75, 3.05) is 6.54 Å². The van der Waals surface area contributed by atoms with Crippen molar-refractivity contribution >= 4 is 10.9 Å². The molecule has 2 heterocycles. The van der Waals surface area contributed by atoms with Gasteiger partial charge in [0.05, 0.1) is 0 Å². The molecule has 0 unspecified atom stereocenters. The lowest BCUT2D eigenvalue weighted by Gasteiger charge is -2.22. The number of aromatic nitrogens is 1. The SMILES string of the molecule is CC1(C)CCNCc2c1[nH]c1ccccc21. The van der Waals surface area contributed by atoms with Crippen LogP contribution in [-0.2, 0) is 12.0 Å². The topological polar surface area (TPSA) is 27.8 Å². The molecular weight excluding hydrogens is 196 g/mol. The zero-order valence-corrected chi connectivity index (χ0v) is 9.93. The molecule has 0 amide bonds. The van der Waals surface area contributed by atoms with Gasteiger partial charge in [-0.3, -0.25) is 0 Å². The first-order valence-corrected chi connectivity index (χ1v) is 5.99. The van der Waals surface area contributed by atoms with Crippen molar-refractivity contribution in [2.45, 2.75) is 32.2 Å². The zero-order valence-electron chi connectivity index (χ0n) is 9.93. The molecule has 0 atom stereocenters. The van der Waals surface area contributed by atoms with Gasteiger partial charge in [0.2, 0.25) is 0 Å². The number of aromatic amines is 1. The van der Waals surface area contributed by atoms with Crippen LogP contribution in [0.1, 0.15) is 31.5 Å². The molecule has 2 aromatic rings. The first-order valence-electron chi connectivity index (χ1n) is 5.99. The molecule has 0 spiro atoms. The Morgan fingerprint density at radius 3 is 2.88 bits per heavy atom. The molecule has 3 rings (SSSR count). The van der Waals surface area contributed by atoms with E-state index in [1.165, 1.54) is 28.6 Å². The minimum Gasteiger partial charge on any atom is -0.358 e. The number of H-pyrrole nitrogens is 1. The molecule has 0 fully saturated rings. The van der Waals surface area contributed by atoms with Gasteiger partial charge in [-0.2, -0.15) is 0 Å². The van der Waals surface area contributed by atoms with Crippen LogP contribution in [0.25, 0.3) is 10.9 Å². The number of hydrogen-bond acceptors (Lipinski definition) is 1. The molecule has 1 aromatic heterocycles. The quantitative estimate of drug-likeness (QED) is 0.693. The summed E-state index contributed by atoms with van der Waals surface area (Å²) in [7, 11) is 0. The predicted molar refractivity (Wildman–Crippen MR) is 67.6 cm³/mol. The summed E-state index contributed by atoms with van der Waals surface area (Å²) < 4.78 is 0. The van der Waals surface area contributed by atoms with Gasteiger partial charge in [0, 0.05) is 28.6 Å². The number of para-hydroxylation sites is 1. The largest absolute Gasteiger partial charge is 0.358 e.